The standard InChI is InChI=1S/C8H11NO6/c1-8(7(14)15)3(5(10)11)2-4(9-8)6(12)13/h3-4,9H,2H2,1H3,(H,10,11)(H,12,13)(H,14,15)/t3?,4-,8?/m0/s1. The molecule has 1 fully saturated rings. The highest BCUT2D eigenvalue weighted by Crippen LogP contribution is 2.30. The predicted molar refractivity (Wildman–Crippen MR) is 46.3 cm³/mol. The zero-order valence-corrected chi connectivity index (χ0v) is 7.93. The Hall–Kier alpha value is -1.63. The summed E-state index contributed by atoms with van der Waals surface area (Å²) in [6.45, 7) is 1.18. The Kier molecular flexibility index (Phi) is 2.67. The highest BCUT2D eigenvalue weighted by atomic mass is 16.4. The molecule has 84 valence electrons. The largest absolute Gasteiger partial charge is 0.481 e. The van der Waals surface area contributed by atoms with Crippen LogP contribution in [-0.2, 0) is 14.4 Å². The van der Waals surface area contributed by atoms with Crippen molar-refractivity contribution in [1.82, 2.24) is 5.32 Å². The fourth-order valence-electron chi connectivity index (χ4n) is 1.71. The quantitative estimate of drug-likeness (QED) is 0.476. The molecule has 1 heterocycles. The molecule has 0 amide bonds. The molecule has 1 aliphatic heterocycles. The van der Waals surface area contributed by atoms with Crippen LogP contribution in [-0.4, -0.2) is 44.8 Å². The zero-order valence-electron chi connectivity index (χ0n) is 7.93. The third-order valence-electron chi connectivity index (χ3n) is 2.68. The van der Waals surface area contributed by atoms with Crippen molar-refractivity contribution in [3.8, 4) is 0 Å². The molecule has 7 heteroatoms. The summed E-state index contributed by atoms with van der Waals surface area (Å²) < 4.78 is 0. The van der Waals surface area contributed by atoms with Gasteiger partial charge >= 0.3 is 17.9 Å². The molecule has 0 aromatic carbocycles. The van der Waals surface area contributed by atoms with Crippen molar-refractivity contribution in [3.05, 3.63) is 0 Å². The lowest BCUT2D eigenvalue weighted by Crippen LogP contribution is -2.53. The molecule has 1 saturated heterocycles. The summed E-state index contributed by atoms with van der Waals surface area (Å²) in [5.41, 5.74) is -1.73. The van der Waals surface area contributed by atoms with E-state index < -0.39 is 35.4 Å². The van der Waals surface area contributed by atoms with Crippen LogP contribution in [0.15, 0.2) is 0 Å². The average molecular weight is 217 g/mol. The number of hydrogen-bond donors (Lipinski definition) is 4. The Balaban J connectivity index is 3.00. The lowest BCUT2D eigenvalue weighted by molar-refractivity contribution is -0.154. The van der Waals surface area contributed by atoms with Crippen LogP contribution in [0.25, 0.3) is 0 Å². The van der Waals surface area contributed by atoms with Crippen LogP contribution in [0.2, 0.25) is 0 Å². The highest BCUT2D eigenvalue weighted by molar-refractivity contribution is 5.89. The summed E-state index contributed by atoms with van der Waals surface area (Å²) in [6.07, 6.45) is -0.229. The Morgan fingerprint density at radius 2 is 1.73 bits per heavy atom. The second kappa shape index (κ2) is 3.50. The highest BCUT2D eigenvalue weighted by Gasteiger charge is 2.54. The summed E-state index contributed by atoms with van der Waals surface area (Å²) in [5.74, 6) is -5.16. The van der Waals surface area contributed by atoms with E-state index in [0.717, 1.165) is 0 Å². The van der Waals surface area contributed by atoms with Gasteiger partial charge in [-0.25, -0.2) is 0 Å². The first-order chi connectivity index (χ1) is 6.79. The number of aliphatic carboxylic acids is 3. The van der Waals surface area contributed by atoms with Crippen LogP contribution < -0.4 is 5.32 Å². The van der Waals surface area contributed by atoms with Crippen LogP contribution in [0, 0.1) is 5.92 Å². The zero-order chi connectivity index (χ0) is 11.8. The summed E-state index contributed by atoms with van der Waals surface area (Å²) in [5, 5.41) is 28.7. The van der Waals surface area contributed by atoms with Gasteiger partial charge in [0.2, 0.25) is 0 Å². The molecule has 0 bridgehead atoms. The van der Waals surface area contributed by atoms with E-state index in [4.69, 9.17) is 15.3 Å². The topological polar surface area (TPSA) is 124 Å². The Morgan fingerprint density at radius 1 is 1.20 bits per heavy atom. The molecule has 1 rings (SSSR count). The molecule has 3 atom stereocenters. The Morgan fingerprint density at radius 3 is 2.00 bits per heavy atom. The molecule has 4 N–H and O–H groups in total. The van der Waals surface area contributed by atoms with Crippen molar-refractivity contribution in [2.45, 2.75) is 24.9 Å². The van der Waals surface area contributed by atoms with Crippen molar-refractivity contribution < 1.29 is 29.7 Å². The molecule has 0 aliphatic carbocycles. The van der Waals surface area contributed by atoms with Crippen molar-refractivity contribution >= 4 is 17.9 Å². The number of hydrogen-bond acceptors (Lipinski definition) is 4. The maximum atomic E-state index is 10.9. The fraction of sp³-hybridized carbons (Fsp3) is 0.625. The van der Waals surface area contributed by atoms with E-state index in [2.05, 4.69) is 5.32 Å². The second-order valence-electron chi connectivity index (χ2n) is 3.67. The molecule has 0 aromatic heterocycles. The maximum absolute atomic E-state index is 10.9. The second-order valence-corrected chi connectivity index (χ2v) is 3.67. The first-order valence-corrected chi connectivity index (χ1v) is 4.25. The van der Waals surface area contributed by atoms with E-state index in [9.17, 15) is 14.4 Å². The Labute approximate surface area is 84.7 Å². The van der Waals surface area contributed by atoms with Gasteiger partial charge in [-0.2, -0.15) is 0 Å². The number of nitrogens with one attached hydrogen (secondary N) is 1. The van der Waals surface area contributed by atoms with Gasteiger partial charge in [-0.15, -0.1) is 0 Å². The van der Waals surface area contributed by atoms with Crippen LogP contribution in [0.4, 0.5) is 0 Å². The SMILES string of the molecule is CC1(C(=O)O)N[C@H](C(=O)O)CC1C(=O)O. The fourth-order valence-corrected chi connectivity index (χ4v) is 1.71. The molecule has 2 unspecified atom stereocenters. The first-order valence-electron chi connectivity index (χ1n) is 4.25. The van der Waals surface area contributed by atoms with Gasteiger partial charge in [0.25, 0.3) is 0 Å². The van der Waals surface area contributed by atoms with Crippen molar-refractivity contribution in [2.24, 2.45) is 5.92 Å². The maximum Gasteiger partial charge on any atom is 0.324 e. The molecule has 0 aromatic rings. The summed E-state index contributed by atoms with van der Waals surface area (Å²) >= 11 is 0. The summed E-state index contributed by atoms with van der Waals surface area (Å²) in [4.78, 5) is 32.3. The average Bonchev–Trinajstić information content (AvgIpc) is 2.44. The van der Waals surface area contributed by atoms with E-state index in [1.807, 2.05) is 0 Å². The molecule has 0 radical (unpaired) electrons. The number of carboxylic acid groups (broad SMARTS) is 3. The van der Waals surface area contributed by atoms with Gasteiger partial charge in [0, 0.05) is 0 Å². The molecular formula is C8H11NO6. The molecular weight excluding hydrogens is 206 g/mol. The van der Waals surface area contributed by atoms with Crippen molar-refractivity contribution in [1.29, 1.82) is 0 Å². The van der Waals surface area contributed by atoms with E-state index in [0.29, 0.717) is 0 Å². The van der Waals surface area contributed by atoms with E-state index >= 15 is 0 Å². The molecule has 1 aliphatic rings. The third kappa shape index (κ3) is 1.78. The van der Waals surface area contributed by atoms with Crippen LogP contribution in [0.3, 0.4) is 0 Å². The van der Waals surface area contributed by atoms with E-state index in [1.54, 1.807) is 0 Å². The van der Waals surface area contributed by atoms with Gasteiger partial charge in [0.15, 0.2) is 0 Å². The van der Waals surface area contributed by atoms with Gasteiger partial charge in [-0.05, 0) is 13.3 Å². The Bertz CT molecular complexity index is 327. The van der Waals surface area contributed by atoms with E-state index in [1.165, 1.54) is 6.92 Å². The lowest BCUT2D eigenvalue weighted by atomic mass is 9.87. The minimum Gasteiger partial charge on any atom is -0.481 e. The summed E-state index contributed by atoms with van der Waals surface area (Å²) in [6, 6.07) is -1.13. The lowest BCUT2D eigenvalue weighted by Gasteiger charge is -2.23. The minimum absolute atomic E-state index is 0.229. The molecule has 15 heavy (non-hydrogen) atoms. The first kappa shape index (κ1) is 11.4. The molecule has 0 saturated carbocycles. The van der Waals surface area contributed by atoms with Crippen LogP contribution in [0.5, 0.6) is 0 Å². The van der Waals surface area contributed by atoms with Crippen molar-refractivity contribution in [2.75, 3.05) is 0 Å². The number of rotatable bonds is 3. The number of carbonyl (C=O) groups is 3. The minimum atomic E-state index is -1.73. The van der Waals surface area contributed by atoms with Gasteiger partial charge in [0.05, 0.1) is 5.92 Å². The van der Waals surface area contributed by atoms with Crippen molar-refractivity contribution in [3.63, 3.8) is 0 Å². The third-order valence-corrected chi connectivity index (χ3v) is 2.68. The van der Waals surface area contributed by atoms with Crippen LogP contribution >= 0.6 is 0 Å². The van der Waals surface area contributed by atoms with Gasteiger partial charge < -0.3 is 15.3 Å². The van der Waals surface area contributed by atoms with Gasteiger partial charge in [-0.1, -0.05) is 0 Å². The monoisotopic (exact) mass is 217 g/mol. The van der Waals surface area contributed by atoms with Crippen LogP contribution in [0.1, 0.15) is 13.3 Å². The predicted octanol–water partition coefficient (Wildman–Crippen LogP) is -1.02. The smallest absolute Gasteiger partial charge is 0.324 e. The van der Waals surface area contributed by atoms with E-state index in [-0.39, 0.29) is 6.42 Å². The number of carboxylic acids is 3. The molecule has 7 nitrogen and oxygen atoms in total. The van der Waals surface area contributed by atoms with Gasteiger partial charge in [-0.3, -0.25) is 19.7 Å². The molecule has 0 spiro atoms. The van der Waals surface area contributed by atoms with Gasteiger partial charge in [0.1, 0.15) is 11.6 Å². The normalized spacial score (nSPS) is 35.0. The summed E-state index contributed by atoms with van der Waals surface area (Å²) in [7, 11) is 0.